The van der Waals surface area contributed by atoms with Crippen molar-refractivity contribution in [1.82, 2.24) is 0 Å². The van der Waals surface area contributed by atoms with Crippen molar-refractivity contribution in [3.05, 3.63) is 62.6 Å². The summed E-state index contributed by atoms with van der Waals surface area (Å²) in [6, 6.07) is 6.27. The Morgan fingerprint density at radius 2 is 1.72 bits per heavy atom. The molecule has 0 amide bonds. The number of ketones is 1. The maximum Gasteiger partial charge on any atom is 0.416 e. The van der Waals surface area contributed by atoms with E-state index in [-0.39, 0.29) is 15.8 Å². The molecule has 0 fully saturated rings. The summed E-state index contributed by atoms with van der Waals surface area (Å²) >= 11 is 12.4. The maximum atomic E-state index is 13.0. The third-order valence-corrected chi connectivity index (χ3v) is 5.45. The van der Waals surface area contributed by atoms with E-state index in [0.29, 0.717) is 28.9 Å². The van der Waals surface area contributed by atoms with Crippen molar-refractivity contribution in [2.45, 2.75) is 24.9 Å². The van der Waals surface area contributed by atoms with E-state index in [2.05, 4.69) is 0 Å². The minimum Gasteiger partial charge on any atom is -0.495 e. The number of ether oxygens (including phenoxy) is 1. The first-order valence-corrected chi connectivity index (χ1v) is 8.12. The van der Waals surface area contributed by atoms with Gasteiger partial charge in [-0.15, -0.1) is 0 Å². The van der Waals surface area contributed by atoms with E-state index in [0.717, 1.165) is 12.1 Å². The SMILES string of the molecule is COc1cc2c(c(Cl)c1Cl)C(=O)C(C)(c1ccc(C(F)(F)F)cc1)C2. The molecule has 0 bridgehead atoms. The van der Waals surface area contributed by atoms with Crippen LogP contribution in [0.25, 0.3) is 0 Å². The predicted octanol–water partition coefficient (Wildman–Crippen LogP) is 5.72. The van der Waals surface area contributed by atoms with Gasteiger partial charge in [0.2, 0.25) is 0 Å². The second-order valence-electron chi connectivity index (χ2n) is 6.15. The zero-order chi connectivity index (χ0) is 18.6. The van der Waals surface area contributed by atoms with Gasteiger partial charge in [-0.2, -0.15) is 13.2 Å². The van der Waals surface area contributed by atoms with Gasteiger partial charge in [0, 0.05) is 5.56 Å². The standard InChI is InChI=1S/C18H13Cl2F3O2/c1-17(10-3-5-11(6-4-10)18(21,22)23)8-9-7-12(25-2)14(19)15(20)13(9)16(17)24/h3-7H,8H2,1-2H3. The molecule has 2 aromatic carbocycles. The fourth-order valence-electron chi connectivity index (χ4n) is 3.18. The third kappa shape index (κ3) is 2.79. The number of hydrogen-bond donors (Lipinski definition) is 0. The molecule has 0 spiro atoms. The lowest BCUT2D eigenvalue weighted by molar-refractivity contribution is -0.137. The molecular weight excluding hydrogens is 376 g/mol. The van der Waals surface area contributed by atoms with Crippen LogP contribution in [0.4, 0.5) is 13.2 Å². The first-order valence-electron chi connectivity index (χ1n) is 7.37. The van der Waals surface area contributed by atoms with Gasteiger partial charge in [0.25, 0.3) is 0 Å². The highest BCUT2D eigenvalue weighted by Crippen LogP contribution is 2.47. The second-order valence-corrected chi connectivity index (χ2v) is 6.91. The molecule has 0 heterocycles. The molecule has 1 aliphatic rings. The zero-order valence-corrected chi connectivity index (χ0v) is 14.8. The fraction of sp³-hybridized carbons (Fsp3) is 0.278. The van der Waals surface area contributed by atoms with E-state index in [1.165, 1.54) is 19.2 Å². The topological polar surface area (TPSA) is 26.3 Å². The molecule has 0 N–H and O–H groups in total. The molecule has 1 aliphatic carbocycles. The van der Waals surface area contributed by atoms with Crippen LogP contribution in [-0.2, 0) is 18.0 Å². The van der Waals surface area contributed by atoms with Crippen molar-refractivity contribution in [2.24, 2.45) is 0 Å². The number of halogens is 5. The Kier molecular flexibility index (Phi) is 4.28. The summed E-state index contributed by atoms with van der Waals surface area (Å²) in [6.07, 6.45) is -4.12. The summed E-state index contributed by atoms with van der Waals surface area (Å²) in [5.41, 5.74) is -0.307. The molecule has 7 heteroatoms. The second kappa shape index (κ2) is 5.92. The number of alkyl halides is 3. The number of carbonyl (C=O) groups excluding carboxylic acids is 1. The maximum absolute atomic E-state index is 13.0. The first-order chi connectivity index (χ1) is 11.6. The molecule has 0 aliphatic heterocycles. The summed E-state index contributed by atoms with van der Waals surface area (Å²) in [6.45, 7) is 1.69. The number of methoxy groups -OCH3 is 1. The first kappa shape index (κ1) is 18.1. The smallest absolute Gasteiger partial charge is 0.416 e. The van der Waals surface area contributed by atoms with Crippen LogP contribution in [0.5, 0.6) is 5.75 Å². The van der Waals surface area contributed by atoms with Crippen LogP contribution < -0.4 is 4.74 Å². The van der Waals surface area contributed by atoms with E-state index >= 15 is 0 Å². The molecule has 1 unspecified atom stereocenters. The van der Waals surface area contributed by atoms with Gasteiger partial charge in [-0.3, -0.25) is 4.79 Å². The summed E-state index contributed by atoms with van der Waals surface area (Å²) in [5.74, 6) is 0.0895. The average molecular weight is 389 g/mol. The number of carbonyl (C=O) groups is 1. The van der Waals surface area contributed by atoms with Crippen LogP contribution in [0.15, 0.2) is 30.3 Å². The van der Waals surface area contributed by atoms with Gasteiger partial charge in [-0.25, -0.2) is 0 Å². The van der Waals surface area contributed by atoms with Crippen LogP contribution >= 0.6 is 23.2 Å². The van der Waals surface area contributed by atoms with E-state index in [4.69, 9.17) is 27.9 Å². The third-order valence-electron chi connectivity index (χ3n) is 4.60. The highest BCUT2D eigenvalue weighted by molar-refractivity contribution is 6.45. The van der Waals surface area contributed by atoms with Crippen molar-refractivity contribution in [2.75, 3.05) is 7.11 Å². The molecule has 1 atom stereocenters. The Morgan fingerprint density at radius 1 is 1.12 bits per heavy atom. The number of Topliss-reactive ketones (excluding diaryl/α,β-unsaturated/α-hetero) is 1. The van der Waals surface area contributed by atoms with E-state index in [9.17, 15) is 18.0 Å². The van der Waals surface area contributed by atoms with Gasteiger partial charge in [0.05, 0.1) is 23.1 Å². The number of rotatable bonds is 2. The molecular formula is C18H13Cl2F3O2. The molecule has 25 heavy (non-hydrogen) atoms. The number of benzene rings is 2. The average Bonchev–Trinajstić information content (AvgIpc) is 2.82. The molecule has 132 valence electrons. The Balaban J connectivity index is 2.07. The molecule has 2 aromatic rings. The molecule has 0 radical (unpaired) electrons. The Morgan fingerprint density at radius 3 is 2.24 bits per heavy atom. The van der Waals surface area contributed by atoms with Gasteiger partial charge < -0.3 is 4.74 Å². The van der Waals surface area contributed by atoms with E-state index in [1.54, 1.807) is 13.0 Å². The Hall–Kier alpha value is -1.72. The normalized spacial score (nSPS) is 19.9. The predicted molar refractivity (Wildman–Crippen MR) is 89.8 cm³/mol. The molecule has 0 aromatic heterocycles. The van der Waals surface area contributed by atoms with Crippen LogP contribution in [0.1, 0.15) is 34.0 Å². The Bertz CT molecular complexity index is 860. The highest BCUT2D eigenvalue weighted by Gasteiger charge is 2.45. The van der Waals surface area contributed by atoms with Crippen LogP contribution in [-0.4, -0.2) is 12.9 Å². The molecule has 0 saturated heterocycles. The van der Waals surface area contributed by atoms with Crippen molar-refractivity contribution >= 4 is 29.0 Å². The lowest BCUT2D eigenvalue weighted by Crippen LogP contribution is -2.29. The highest BCUT2D eigenvalue weighted by atomic mass is 35.5. The summed E-state index contributed by atoms with van der Waals surface area (Å²) in [7, 11) is 1.44. The van der Waals surface area contributed by atoms with Crippen LogP contribution in [0.2, 0.25) is 10.0 Å². The summed E-state index contributed by atoms with van der Waals surface area (Å²) < 4.78 is 43.4. The lowest BCUT2D eigenvalue weighted by Gasteiger charge is -2.23. The van der Waals surface area contributed by atoms with Crippen molar-refractivity contribution in [3.8, 4) is 5.75 Å². The minimum absolute atomic E-state index is 0.108. The monoisotopic (exact) mass is 388 g/mol. The number of fused-ring (bicyclic) bond motifs is 1. The minimum atomic E-state index is -4.42. The summed E-state index contributed by atoms with van der Waals surface area (Å²) in [5, 5.41) is 0.254. The van der Waals surface area contributed by atoms with E-state index in [1.807, 2.05) is 0 Å². The van der Waals surface area contributed by atoms with E-state index < -0.39 is 17.2 Å². The number of hydrogen-bond acceptors (Lipinski definition) is 2. The lowest BCUT2D eigenvalue weighted by atomic mass is 9.78. The largest absolute Gasteiger partial charge is 0.495 e. The van der Waals surface area contributed by atoms with Crippen molar-refractivity contribution in [1.29, 1.82) is 0 Å². The zero-order valence-electron chi connectivity index (χ0n) is 13.3. The van der Waals surface area contributed by atoms with Gasteiger partial charge in [0.1, 0.15) is 10.8 Å². The fourth-order valence-corrected chi connectivity index (χ4v) is 3.71. The molecule has 3 rings (SSSR count). The molecule has 2 nitrogen and oxygen atoms in total. The Labute approximate surface area is 152 Å². The van der Waals surface area contributed by atoms with Gasteiger partial charge in [-0.1, -0.05) is 35.3 Å². The van der Waals surface area contributed by atoms with Crippen molar-refractivity contribution in [3.63, 3.8) is 0 Å². The summed E-state index contributed by atoms with van der Waals surface area (Å²) in [4.78, 5) is 13.0. The quantitative estimate of drug-likeness (QED) is 0.657. The van der Waals surface area contributed by atoms with Crippen LogP contribution in [0, 0.1) is 0 Å². The van der Waals surface area contributed by atoms with Gasteiger partial charge in [0.15, 0.2) is 5.78 Å². The van der Waals surface area contributed by atoms with Gasteiger partial charge in [-0.05, 0) is 42.7 Å². The van der Waals surface area contributed by atoms with Crippen molar-refractivity contribution < 1.29 is 22.7 Å². The van der Waals surface area contributed by atoms with Crippen LogP contribution in [0.3, 0.4) is 0 Å². The molecule has 0 saturated carbocycles. The van der Waals surface area contributed by atoms with Gasteiger partial charge >= 0.3 is 6.18 Å².